The number of rotatable bonds is 8. The van der Waals surface area contributed by atoms with E-state index in [0.29, 0.717) is 44.4 Å². The lowest BCUT2D eigenvalue weighted by molar-refractivity contribution is -0.133. The second-order valence-corrected chi connectivity index (χ2v) is 23.2. The highest BCUT2D eigenvalue weighted by atomic mass is 127. The zero-order chi connectivity index (χ0) is 52.2. The van der Waals surface area contributed by atoms with E-state index in [1.807, 2.05) is 29.8 Å². The maximum Gasteiger partial charge on any atom is 0.495 e. The van der Waals surface area contributed by atoms with Crippen molar-refractivity contribution in [3.05, 3.63) is 117 Å². The van der Waals surface area contributed by atoms with Gasteiger partial charge < -0.3 is 37.7 Å². The first-order chi connectivity index (χ1) is 36.2. The Balaban J connectivity index is 0.000000126. The topological polar surface area (TPSA) is 126 Å². The Morgan fingerprint density at radius 1 is 0.693 bits per heavy atom. The lowest BCUT2D eigenvalue weighted by Crippen LogP contribution is -2.41. The van der Waals surface area contributed by atoms with Crippen molar-refractivity contribution in [2.75, 3.05) is 39.5 Å². The molecule has 0 bridgehead atoms. The van der Waals surface area contributed by atoms with Gasteiger partial charge in [-0.3, -0.25) is 14.6 Å². The van der Waals surface area contributed by atoms with Crippen LogP contribution in [0.2, 0.25) is 0 Å². The van der Waals surface area contributed by atoms with Gasteiger partial charge in [-0.05, 0) is 152 Å². The fraction of sp³-hybridized carbons (Fsp3) is 0.483. The maximum absolute atomic E-state index is 12.4. The molecule has 75 heavy (non-hydrogen) atoms. The van der Waals surface area contributed by atoms with Crippen molar-refractivity contribution in [3.8, 4) is 11.3 Å². The second kappa shape index (κ2) is 21.3. The third kappa shape index (κ3) is 10.5. The summed E-state index contributed by atoms with van der Waals surface area (Å²) in [4.78, 5) is 42.8. The summed E-state index contributed by atoms with van der Waals surface area (Å²) < 4.78 is 29.3. The van der Waals surface area contributed by atoms with Crippen LogP contribution in [0.3, 0.4) is 0 Å². The molecule has 2 amide bonds. The summed E-state index contributed by atoms with van der Waals surface area (Å²) in [5.41, 5.74) is 11.3. The summed E-state index contributed by atoms with van der Waals surface area (Å²) in [6.07, 6.45) is 14.3. The van der Waals surface area contributed by atoms with Gasteiger partial charge in [-0.15, -0.1) is 0 Å². The number of fused-ring (bicyclic) bond motifs is 4. The van der Waals surface area contributed by atoms with Gasteiger partial charge in [0.15, 0.2) is 0 Å². The molecule has 5 aliphatic heterocycles. The quantitative estimate of drug-likeness (QED) is 0.108. The number of aryl methyl sites for hydroxylation is 1. The molecule has 2 saturated carbocycles. The lowest BCUT2D eigenvalue weighted by Gasteiger charge is -2.32. The molecule has 13 rings (SSSR count). The predicted octanol–water partition coefficient (Wildman–Crippen LogP) is 10.9. The van der Waals surface area contributed by atoms with Gasteiger partial charge in [0, 0.05) is 68.0 Å². The van der Waals surface area contributed by atoms with Crippen LogP contribution in [-0.2, 0) is 54.6 Å². The van der Waals surface area contributed by atoms with Crippen molar-refractivity contribution in [1.29, 1.82) is 0 Å². The van der Waals surface area contributed by atoms with Crippen LogP contribution in [-0.4, -0.2) is 104 Å². The smallest absolute Gasteiger partial charge is 0.399 e. The van der Waals surface area contributed by atoms with E-state index in [1.165, 1.54) is 87.2 Å². The number of hydrogen-bond acceptors (Lipinski definition) is 9. The van der Waals surface area contributed by atoms with Gasteiger partial charge >= 0.3 is 7.12 Å². The van der Waals surface area contributed by atoms with Crippen LogP contribution in [0.25, 0.3) is 43.9 Å². The van der Waals surface area contributed by atoms with Gasteiger partial charge in [0.1, 0.15) is 15.3 Å². The molecule has 3 aromatic carbocycles. The van der Waals surface area contributed by atoms with Gasteiger partial charge in [-0.1, -0.05) is 68.5 Å². The van der Waals surface area contributed by atoms with Crippen molar-refractivity contribution >= 4 is 79.7 Å². The number of aromatic nitrogens is 5. The number of halogens is 1. The van der Waals surface area contributed by atoms with Crippen molar-refractivity contribution in [2.45, 2.75) is 149 Å². The Kier molecular flexibility index (Phi) is 14.8. The van der Waals surface area contributed by atoms with Crippen LogP contribution < -0.4 is 5.46 Å². The lowest BCUT2D eigenvalue weighted by atomic mass is 9.75. The van der Waals surface area contributed by atoms with E-state index in [-0.39, 0.29) is 30.1 Å². The van der Waals surface area contributed by atoms with E-state index in [1.54, 1.807) is 0 Å². The van der Waals surface area contributed by atoms with Crippen LogP contribution >= 0.6 is 22.6 Å². The van der Waals surface area contributed by atoms with Crippen LogP contribution in [0.4, 0.5) is 0 Å². The molecule has 0 spiro atoms. The number of carbonyl (C=O) groups is 2. The highest BCUT2D eigenvalue weighted by Gasteiger charge is 2.52. The third-order valence-electron chi connectivity index (χ3n) is 16.6. The monoisotopic (exact) mass is 1120 g/mol. The minimum absolute atomic E-state index is 0.213. The molecule has 2 aliphatic carbocycles. The van der Waals surface area contributed by atoms with E-state index in [0.717, 1.165) is 90.3 Å². The first-order valence-corrected chi connectivity index (χ1v) is 28.5. The van der Waals surface area contributed by atoms with E-state index >= 15 is 0 Å². The fourth-order valence-electron chi connectivity index (χ4n) is 11.2. The number of benzene rings is 3. The summed E-state index contributed by atoms with van der Waals surface area (Å²) in [5, 5.41) is 4.73. The molecule has 0 radical (unpaired) electrons. The van der Waals surface area contributed by atoms with E-state index in [2.05, 4.69) is 138 Å². The largest absolute Gasteiger partial charge is 0.495 e. The van der Waals surface area contributed by atoms with Crippen LogP contribution in [0.5, 0.6) is 0 Å². The number of pyridine rings is 1. The Bertz CT molecular complexity index is 3220. The van der Waals surface area contributed by atoms with Crippen molar-refractivity contribution in [3.63, 3.8) is 0 Å². The van der Waals surface area contributed by atoms with Gasteiger partial charge in [0.25, 0.3) is 0 Å². The molecular weight excluding hydrogens is 1050 g/mol. The number of nitrogens with zero attached hydrogens (tertiary/aromatic N) is 7. The van der Waals surface area contributed by atoms with Crippen molar-refractivity contribution in [1.82, 2.24) is 33.9 Å². The summed E-state index contributed by atoms with van der Waals surface area (Å²) in [7, 11) is -0.337. The van der Waals surface area contributed by atoms with Crippen molar-refractivity contribution < 1.29 is 28.4 Å². The molecule has 392 valence electrons. The minimum atomic E-state index is -0.337. The third-order valence-corrected chi connectivity index (χ3v) is 17.5. The predicted molar refractivity (Wildman–Crippen MR) is 305 cm³/mol. The molecule has 8 heterocycles. The Hall–Kier alpha value is -5.20. The second-order valence-electron chi connectivity index (χ2n) is 22.2. The zero-order valence-corrected chi connectivity index (χ0v) is 47.0. The van der Waals surface area contributed by atoms with Gasteiger partial charge in [-0.2, -0.15) is 0 Å². The Labute approximate surface area is 455 Å². The SMILES string of the molecule is CCC(=O)N1CCn2c(C3CC3)nc(-c3cccc4cc(C5=CCOCC5)ncc34)c2C1.CCC(=O)N1CCn2c(C3CC3)nc(I)c2C1.Cc1cc2c(B3OC(C)(C)C(C)(C)O3)cccc2cc1C1=CCOCC1. The molecule has 0 N–H and O–H groups in total. The molecule has 0 unspecified atom stereocenters. The molecule has 3 fully saturated rings. The normalized spacial score (nSPS) is 19.9. The summed E-state index contributed by atoms with van der Waals surface area (Å²) in [6.45, 7) is 22.1. The highest BCUT2D eigenvalue weighted by Crippen LogP contribution is 2.44. The molecule has 0 atom stereocenters. The maximum atomic E-state index is 12.4. The van der Waals surface area contributed by atoms with Crippen LogP contribution in [0.1, 0.15) is 145 Å². The standard InChI is InChI=1S/C26H28N4O2.C22H27BO3.C12H16IN3O/c1-2-24(31)29-10-11-30-23(16-29)25(28-26(30)18-6-7-18)20-5-3-4-19-14-22(27-15-21(19)20)17-8-12-32-13-9-17;1-15-13-19-17(14-18(15)16-9-11-24-12-10-16)7-6-8-20(19)23-25-21(2,3)22(4,5)26-23;1-2-10(17)15-5-6-16-9(7-15)11(13)14-12(16)8-3-4-8/h3-5,8,14-15,18H,2,6-7,9-13,16H2,1H3;6-9,13-14H,10-12H2,1-5H3;8H,2-7H2,1H3. The number of ether oxygens (including phenoxy) is 2. The summed E-state index contributed by atoms with van der Waals surface area (Å²) in [6, 6.07) is 19.6. The first-order valence-electron chi connectivity index (χ1n) is 27.4. The molecule has 1 saturated heterocycles. The number of amides is 2. The molecule has 7 aliphatic rings. The fourth-order valence-corrected chi connectivity index (χ4v) is 11.9. The number of carbonyl (C=O) groups excluding carboxylic acids is 2. The number of hydrogen-bond donors (Lipinski definition) is 0. The van der Waals surface area contributed by atoms with Gasteiger partial charge in [0.05, 0.1) is 73.5 Å². The van der Waals surface area contributed by atoms with Gasteiger partial charge in [0.2, 0.25) is 11.8 Å². The average Bonchev–Trinajstić information content (AvgIpc) is 4.38. The van der Waals surface area contributed by atoms with Gasteiger partial charge in [-0.25, -0.2) is 9.97 Å². The molecule has 13 nitrogen and oxygen atoms in total. The van der Waals surface area contributed by atoms with Crippen LogP contribution in [0.15, 0.2) is 72.9 Å². The van der Waals surface area contributed by atoms with Crippen molar-refractivity contribution in [2.24, 2.45) is 0 Å². The molecule has 15 heteroatoms. The van der Waals surface area contributed by atoms with E-state index in [9.17, 15) is 9.59 Å². The zero-order valence-electron chi connectivity index (χ0n) is 44.8. The summed E-state index contributed by atoms with van der Waals surface area (Å²) >= 11 is 2.30. The van der Waals surface area contributed by atoms with Crippen LogP contribution in [0, 0.1) is 10.6 Å². The van der Waals surface area contributed by atoms with E-state index in [4.69, 9.17) is 28.8 Å². The minimum Gasteiger partial charge on any atom is -0.399 e. The molecular formula is C60H71BIN7O6. The van der Waals surface area contributed by atoms with E-state index < -0.39 is 0 Å². The Morgan fingerprint density at radius 2 is 1.27 bits per heavy atom. The Morgan fingerprint density at radius 3 is 1.87 bits per heavy atom. The molecule has 6 aromatic rings. The number of imidazole rings is 2. The summed E-state index contributed by atoms with van der Waals surface area (Å²) in [5.74, 6) is 4.17. The first kappa shape index (κ1) is 51.9. The highest BCUT2D eigenvalue weighted by molar-refractivity contribution is 14.1. The molecule has 3 aromatic heterocycles. The average molecular weight is 1120 g/mol.